The van der Waals surface area contributed by atoms with E-state index in [1.807, 2.05) is 18.2 Å². The summed E-state index contributed by atoms with van der Waals surface area (Å²) in [6, 6.07) is 14.9. The van der Waals surface area contributed by atoms with Gasteiger partial charge in [-0.3, -0.25) is 4.31 Å². The minimum Gasteiger partial charge on any atom is -0.458 e. The number of sulfonamides is 2. The van der Waals surface area contributed by atoms with Crippen LogP contribution < -0.4 is 9.03 Å². The maximum atomic E-state index is 12.6. The Hall–Kier alpha value is -2.40. The molecule has 0 radical (unpaired) electrons. The number of benzene rings is 2. The van der Waals surface area contributed by atoms with E-state index in [0.717, 1.165) is 11.8 Å². The first-order valence-electron chi connectivity index (χ1n) is 10.0. The van der Waals surface area contributed by atoms with Crippen molar-refractivity contribution < 1.29 is 26.4 Å². The van der Waals surface area contributed by atoms with Gasteiger partial charge in [0.15, 0.2) is 0 Å². The Morgan fingerprint density at radius 1 is 1.10 bits per heavy atom. The summed E-state index contributed by atoms with van der Waals surface area (Å²) < 4.78 is 58.9. The number of fused-ring (bicyclic) bond motifs is 1. The van der Waals surface area contributed by atoms with E-state index < -0.39 is 26.2 Å². The summed E-state index contributed by atoms with van der Waals surface area (Å²) in [6.07, 6.45) is 0.605. The maximum Gasteiger partial charge on any atom is 0.240 e. The molecule has 166 valence electrons. The molecule has 31 heavy (non-hydrogen) atoms. The SMILES string of the molecule is O=S(=O)(NCC[C@H](O)c1cc2ccccc2o1)c1ccc(N2CCCCS2(=O)=O)cc1. The lowest BCUT2D eigenvalue weighted by atomic mass is 10.2. The van der Waals surface area contributed by atoms with Crippen LogP contribution in [0.25, 0.3) is 11.0 Å². The van der Waals surface area contributed by atoms with Crippen LogP contribution in [-0.2, 0) is 20.0 Å². The molecular weight excluding hydrogens is 440 g/mol. The average molecular weight is 465 g/mol. The highest BCUT2D eigenvalue weighted by molar-refractivity contribution is 7.92. The third-order valence-electron chi connectivity index (χ3n) is 5.27. The van der Waals surface area contributed by atoms with Crippen LogP contribution in [0.15, 0.2) is 63.9 Å². The van der Waals surface area contributed by atoms with Crippen LogP contribution in [0.4, 0.5) is 5.69 Å². The number of nitrogens with one attached hydrogen (secondary N) is 1. The van der Waals surface area contributed by atoms with Gasteiger partial charge in [-0.1, -0.05) is 18.2 Å². The number of hydrogen-bond donors (Lipinski definition) is 2. The number of rotatable bonds is 7. The van der Waals surface area contributed by atoms with E-state index in [0.29, 0.717) is 30.0 Å². The minimum absolute atomic E-state index is 0.0167. The van der Waals surface area contributed by atoms with Crippen molar-refractivity contribution in [2.24, 2.45) is 0 Å². The fraction of sp³-hybridized carbons (Fsp3) is 0.333. The largest absolute Gasteiger partial charge is 0.458 e. The minimum atomic E-state index is -3.80. The molecule has 2 aromatic carbocycles. The molecule has 8 nitrogen and oxygen atoms in total. The average Bonchev–Trinajstić information content (AvgIpc) is 3.18. The van der Waals surface area contributed by atoms with Gasteiger partial charge in [-0.05, 0) is 55.7 Å². The first kappa shape index (κ1) is 21.8. The van der Waals surface area contributed by atoms with E-state index in [-0.39, 0.29) is 23.6 Å². The first-order chi connectivity index (χ1) is 14.8. The fourth-order valence-electron chi connectivity index (χ4n) is 3.59. The Morgan fingerprint density at radius 3 is 2.55 bits per heavy atom. The summed E-state index contributed by atoms with van der Waals surface area (Å²) in [6.45, 7) is 0.412. The van der Waals surface area contributed by atoms with E-state index in [9.17, 15) is 21.9 Å². The predicted octanol–water partition coefficient (Wildman–Crippen LogP) is 2.76. The standard InChI is InChI=1S/C21H24N2O6S2/c24-19(21-15-16-5-1-2-6-20(16)29-21)11-12-22-31(27,28)18-9-7-17(8-10-18)23-13-3-4-14-30(23,25)26/h1-2,5-10,15,19,22,24H,3-4,11-14H2/t19-/m0/s1. The fourth-order valence-corrected chi connectivity index (χ4v) is 6.28. The highest BCUT2D eigenvalue weighted by Crippen LogP contribution is 2.26. The summed E-state index contributed by atoms with van der Waals surface area (Å²) in [5, 5.41) is 11.2. The van der Waals surface area contributed by atoms with E-state index >= 15 is 0 Å². The van der Waals surface area contributed by atoms with Crippen LogP contribution in [-0.4, -0.2) is 40.8 Å². The Kier molecular flexibility index (Phi) is 6.07. The number of para-hydroxylation sites is 1. The summed E-state index contributed by atoms with van der Waals surface area (Å²) in [5.41, 5.74) is 1.12. The van der Waals surface area contributed by atoms with Gasteiger partial charge in [0.1, 0.15) is 17.4 Å². The Labute approximate surface area is 181 Å². The van der Waals surface area contributed by atoms with Crippen molar-refractivity contribution in [2.75, 3.05) is 23.1 Å². The molecule has 0 amide bonds. The monoisotopic (exact) mass is 464 g/mol. The topological polar surface area (TPSA) is 117 Å². The van der Waals surface area contributed by atoms with Gasteiger partial charge in [0.2, 0.25) is 20.0 Å². The van der Waals surface area contributed by atoms with Gasteiger partial charge >= 0.3 is 0 Å². The number of furan rings is 1. The number of anilines is 1. The Morgan fingerprint density at radius 2 is 1.84 bits per heavy atom. The second kappa shape index (κ2) is 8.62. The van der Waals surface area contributed by atoms with Crippen molar-refractivity contribution in [1.82, 2.24) is 4.72 Å². The lowest BCUT2D eigenvalue weighted by Gasteiger charge is -2.28. The van der Waals surface area contributed by atoms with Gasteiger partial charge < -0.3 is 9.52 Å². The van der Waals surface area contributed by atoms with Crippen molar-refractivity contribution in [2.45, 2.75) is 30.3 Å². The van der Waals surface area contributed by atoms with Gasteiger partial charge in [0.05, 0.1) is 16.3 Å². The second-order valence-electron chi connectivity index (χ2n) is 7.48. The van der Waals surface area contributed by atoms with Crippen molar-refractivity contribution in [3.8, 4) is 0 Å². The molecule has 3 aromatic rings. The predicted molar refractivity (Wildman–Crippen MR) is 118 cm³/mol. The molecule has 2 N–H and O–H groups in total. The van der Waals surface area contributed by atoms with Crippen LogP contribution in [0, 0.1) is 0 Å². The van der Waals surface area contributed by atoms with Crippen molar-refractivity contribution in [3.05, 3.63) is 60.4 Å². The van der Waals surface area contributed by atoms with Gasteiger partial charge in [0, 0.05) is 18.5 Å². The smallest absolute Gasteiger partial charge is 0.240 e. The zero-order chi connectivity index (χ0) is 22.1. The Bertz CT molecular complexity index is 1230. The van der Waals surface area contributed by atoms with Crippen LogP contribution >= 0.6 is 0 Å². The molecule has 1 saturated heterocycles. The quantitative estimate of drug-likeness (QED) is 0.555. The van der Waals surface area contributed by atoms with Gasteiger partial charge in [-0.2, -0.15) is 0 Å². The molecule has 1 aromatic heterocycles. The van der Waals surface area contributed by atoms with E-state index in [1.54, 1.807) is 12.1 Å². The molecule has 1 aliphatic rings. The normalized spacial score (nSPS) is 17.6. The molecule has 1 atom stereocenters. The second-order valence-corrected chi connectivity index (χ2v) is 11.3. The zero-order valence-corrected chi connectivity index (χ0v) is 18.4. The third kappa shape index (κ3) is 4.77. The molecule has 1 aliphatic heterocycles. The number of hydrogen-bond acceptors (Lipinski definition) is 6. The number of nitrogens with zero attached hydrogens (tertiary/aromatic N) is 1. The highest BCUT2D eigenvalue weighted by atomic mass is 32.2. The van der Waals surface area contributed by atoms with E-state index in [4.69, 9.17) is 4.42 Å². The molecule has 2 heterocycles. The molecular formula is C21H24N2O6S2. The summed E-state index contributed by atoms with van der Waals surface area (Å²) in [5.74, 6) is 0.481. The van der Waals surface area contributed by atoms with Crippen LogP contribution in [0.3, 0.4) is 0 Å². The molecule has 0 spiro atoms. The molecule has 0 bridgehead atoms. The lowest BCUT2D eigenvalue weighted by Crippen LogP contribution is -2.37. The molecule has 1 fully saturated rings. The summed E-state index contributed by atoms with van der Waals surface area (Å²) in [4.78, 5) is 0.0314. The number of aliphatic hydroxyl groups excluding tert-OH is 1. The Balaban J connectivity index is 1.38. The van der Waals surface area contributed by atoms with Gasteiger partial charge in [-0.15, -0.1) is 0 Å². The summed E-state index contributed by atoms with van der Waals surface area (Å²) in [7, 11) is -7.15. The van der Waals surface area contributed by atoms with Crippen molar-refractivity contribution in [3.63, 3.8) is 0 Å². The van der Waals surface area contributed by atoms with Gasteiger partial charge in [0.25, 0.3) is 0 Å². The maximum absolute atomic E-state index is 12.6. The molecule has 0 unspecified atom stereocenters. The summed E-state index contributed by atoms with van der Waals surface area (Å²) >= 11 is 0. The van der Waals surface area contributed by atoms with E-state index in [2.05, 4.69) is 4.72 Å². The van der Waals surface area contributed by atoms with Gasteiger partial charge in [-0.25, -0.2) is 21.6 Å². The molecule has 0 aliphatic carbocycles. The molecule has 10 heteroatoms. The van der Waals surface area contributed by atoms with Crippen molar-refractivity contribution in [1.29, 1.82) is 0 Å². The van der Waals surface area contributed by atoms with E-state index in [1.165, 1.54) is 28.6 Å². The zero-order valence-electron chi connectivity index (χ0n) is 16.8. The van der Waals surface area contributed by atoms with Crippen LogP contribution in [0.2, 0.25) is 0 Å². The molecule has 0 saturated carbocycles. The van der Waals surface area contributed by atoms with Crippen LogP contribution in [0.5, 0.6) is 0 Å². The number of aliphatic hydroxyl groups is 1. The highest BCUT2D eigenvalue weighted by Gasteiger charge is 2.26. The first-order valence-corrected chi connectivity index (χ1v) is 13.1. The molecule has 4 rings (SSSR count). The van der Waals surface area contributed by atoms with Crippen LogP contribution in [0.1, 0.15) is 31.1 Å². The van der Waals surface area contributed by atoms with Crippen molar-refractivity contribution >= 4 is 36.7 Å². The lowest BCUT2D eigenvalue weighted by molar-refractivity contribution is 0.144. The third-order valence-corrected chi connectivity index (χ3v) is 8.61.